The Bertz CT molecular complexity index is 1000. The largest absolute Gasteiger partial charge is 0.497 e. The smallest absolute Gasteiger partial charge is 0.278 e. The minimum absolute atomic E-state index is 0.213. The van der Waals surface area contributed by atoms with Crippen LogP contribution in [0.4, 0.5) is 5.69 Å². The zero-order valence-corrected chi connectivity index (χ0v) is 16.2. The number of hydrogen-bond acceptors (Lipinski definition) is 5. The molecule has 0 fully saturated rings. The van der Waals surface area contributed by atoms with E-state index in [9.17, 15) is 4.79 Å². The van der Waals surface area contributed by atoms with Crippen LogP contribution >= 0.6 is 11.6 Å². The maximum atomic E-state index is 12.7. The number of halogens is 1. The van der Waals surface area contributed by atoms with Crippen molar-refractivity contribution in [2.24, 2.45) is 0 Å². The summed E-state index contributed by atoms with van der Waals surface area (Å²) in [6.45, 7) is 3.69. The number of aromatic nitrogens is 3. The number of carbonyl (C=O) groups excluding carboxylic acids is 1. The molecule has 7 nitrogen and oxygen atoms in total. The lowest BCUT2D eigenvalue weighted by Crippen LogP contribution is -2.15. The quantitative estimate of drug-likeness (QED) is 0.721. The van der Waals surface area contributed by atoms with Crippen LogP contribution in [-0.4, -0.2) is 35.1 Å². The molecule has 8 heteroatoms. The average Bonchev–Trinajstić information content (AvgIpc) is 3.05. The second-order valence-corrected chi connectivity index (χ2v) is 6.30. The molecule has 0 aliphatic heterocycles. The number of amides is 1. The van der Waals surface area contributed by atoms with Gasteiger partial charge in [0.25, 0.3) is 5.91 Å². The van der Waals surface area contributed by atoms with Gasteiger partial charge in [-0.25, -0.2) is 4.68 Å². The molecule has 3 aromatic rings. The number of benzene rings is 2. The summed E-state index contributed by atoms with van der Waals surface area (Å²) in [7, 11) is 3.08. The fourth-order valence-electron chi connectivity index (χ4n) is 2.58. The molecule has 0 aliphatic carbocycles. The first-order valence-electron chi connectivity index (χ1n) is 8.16. The third kappa shape index (κ3) is 3.73. The van der Waals surface area contributed by atoms with Gasteiger partial charge < -0.3 is 14.8 Å². The van der Waals surface area contributed by atoms with E-state index in [-0.39, 0.29) is 11.6 Å². The van der Waals surface area contributed by atoms with Crippen molar-refractivity contribution in [1.29, 1.82) is 0 Å². The van der Waals surface area contributed by atoms with Crippen molar-refractivity contribution in [1.82, 2.24) is 15.0 Å². The maximum absolute atomic E-state index is 12.7. The van der Waals surface area contributed by atoms with Crippen molar-refractivity contribution in [3.63, 3.8) is 0 Å². The average molecular weight is 387 g/mol. The standard InChI is InChI=1S/C19H19ClN4O3/c1-11-5-6-13(9-15(11)20)24-12(2)18(22-23-24)19(25)21-16-8-7-14(26-3)10-17(16)27-4/h5-10H,1-4H3,(H,21,25). The number of anilines is 1. The first-order valence-corrected chi connectivity index (χ1v) is 8.54. The first kappa shape index (κ1) is 18.7. The first-order chi connectivity index (χ1) is 12.9. The van der Waals surface area contributed by atoms with Crippen molar-refractivity contribution < 1.29 is 14.3 Å². The Morgan fingerprint density at radius 1 is 1.11 bits per heavy atom. The molecule has 0 spiro atoms. The molecule has 2 aromatic carbocycles. The third-order valence-corrected chi connectivity index (χ3v) is 4.57. The Morgan fingerprint density at radius 3 is 2.56 bits per heavy atom. The molecule has 0 aliphatic rings. The molecule has 0 saturated carbocycles. The number of methoxy groups -OCH3 is 2. The number of hydrogen-bond donors (Lipinski definition) is 1. The molecule has 0 saturated heterocycles. The van der Waals surface area contributed by atoms with Crippen LogP contribution in [0, 0.1) is 13.8 Å². The molecule has 27 heavy (non-hydrogen) atoms. The van der Waals surface area contributed by atoms with Gasteiger partial charge in [-0.15, -0.1) is 5.10 Å². The Hall–Kier alpha value is -3.06. The number of nitrogens with zero attached hydrogens (tertiary/aromatic N) is 3. The van der Waals surface area contributed by atoms with Gasteiger partial charge in [-0.2, -0.15) is 0 Å². The summed E-state index contributed by atoms with van der Waals surface area (Å²) in [5, 5.41) is 11.5. The Balaban J connectivity index is 1.88. The highest BCUT2D eigenvalue weighted by Crippen LogP contribution is 2.29. The van der Waals surface area contributed by atoms with Gasteiger partial charge in [0.05, 0.1) is 31.3 Å². The van der Waals surface area contributed by atoms with E-state index in [1.54, 1.807) is 43.0 Å². The van der Waals surface area contributed by atoms with E-state index in [0.29, 0.717) is 27.9 Å². The van der Waals surface area contributed by atoms with E-state index in [4.69, 9.17) is 21.1 Å². The molecule has 1 N–H and O–H groups in total. The van der Waals surface area contributed by atoms with Gasteiger partial charge in [-0.3, -0.25) is 4.79 Å². The highest BCUT2D eigenvalue weighted by Gasteiger charge is 2.19. The zero-order chi connectivity index (χ0) is 19.6. The molecular weight excluding hydrogens is 368 g/mol. The van der Waals surface area contributed by atoms with E-state index < -0.39 is 0 Å². The van der Waals surface area contributed by atoms with Crippen LogP contribution in [0.25, 0.3) is 5.69 Å². The van der Waals surface area contributed by atoms with Crippen molar-refractivity contribution in [3.05, 3.63) is 58.4 Å². The van der Waals surface area contributed by atoms with Crippen molar-refractivity contribution in [3.8, 4) is 17.2 Å². The Kier molecular flexibility index (Phi) is 5.32. The van der Waals surface area contributed by atoms with Crippen molar-refractivity contribution >= 4 is 23.2 Å². The van der Waals surface area contributed by atoms with Gasteiger partial charge >= 0.3 is 0 Å². The van der Waals surface area contributed by atoms with Crippen LogP contribution in [0.5, 0.6) is 11.5 Å². The third-order valence-electron chi connectivity index (χ3n) is 4.17. The fourth-order valence-corrected chi connectivity index (χ4v) is 2.76. The van der Waals surface area contributed by atoms with Gasteiger partial charge in [0, 0.05) is 11.1 Å². The van der Waals surface area contributed by atoms with Crippen LogP contribution in [0.1, 0.15) is 21.7 Å². The normalized spacial score (nSPS) is 10.6. The lowest BCUT2D eigenvalue weighted by molar-refractivity contribution is 0.102. The summed E-state index contributed by atoms with van der Waals surface area (Å²) in [5.41, 5.74) is 3.01. The SMILES string of the molecule is COc1ccc(NC(=O)c2nnn(-c3ccc(C)c(Cl)c3)c2C)c(OC)c1. The summed E-state index contributed by atoms with van der Waals surface area (Å²) in [5.74, 6) is 0.724. The van der Waals surface area contributed by atoms with E-state index in [1.165, 1.54) is 7.11 Å². The molecule has 140 valence electrons. The highest BCUT2D eigenvalue weighted by molar-refractivity contribution is 6.31. The fraction of sp³-hybridized carbons (Fsp3) is 0.211. The molecule has 3 rings (SSSR count). The molecule has 0 unspecified atom stereocenters. The molecule has 0 radical (unpaired) electrons. The zero-order valence-electron chi connectivity index (χ0n) is 15.4. The van der Waals surface area contributed by atoms with Crippen molar-refractivity contribution in [2.75, 3.05) is 19.5 Å². The Labute approximate surface area is 161 Å². The number of carbonyl (C=O) groups is 1. The maximum Gasteiger partial charge on any atom is 0.278 e. The lowest BCUT2D eigenvalue weighted by atomic mass is 10.2. The Morgan fingerprint density at radius 2 is 1.89 bits per heavy atom. The van der Waals surface area contributed by atoms with Gasteiger partial charge in [0.1, 0.15) is 11.5 Å². The van der Waals surface area contributed by atoms with E-state index in [2.05, 4.69) is 15.6 Å². The van der Waals surface area contributed by atoms with Crippen LogP contribution in [0.15, 0.2) is 36.4 Å². The molecule has 0 atom stereocenters. The summed E-state index contributed by atoms with van der Waals surface area (Å²) >= 11 is 6.19. The number of nitrogens with one attached hydrogen (secondary N) is 1. The topological polar surface area (TPSA) is 78.3 Å². The van der Waals surface area contributed by atoms with Gasteiger partial charge in [0.15, 0.2) is 5.69 Å². The van der Waals surface area contributed by atoms with Gasteiger partial charge in [-0.1, -0.05) is 22.9 Å². The van der Waals surface area contributed by atoms with Crippen LogP contribution in [0.3, 0.4) is 0 Å². The second-order valence-electron chi connectivity index (χ2n) is 5.89. The summed E-state index contributed by atoms with van der Waals surface area (Å²) < 4.78 is 12.0. The molecular formula is C19H19ClN4O3. The minimum atomic E-state index is -0.388. The number of rotatable bonds is 5. The van der Waals surface area contributed by atoms with E-state index >= 15 is 0 Å². The van der Waals surface area contributed by atoms with E-state index in [1.807, 2.05) is 19.1 Å². The molecule has 1 amide bonds. The van der Waals surface area contributed by atoms with Gasteiger partial charge in [0.2, 0.25) is 0 Å². The second kappa shape index (κ2) is 7.67. The summed E-state index contributed by atoms with van der Waals surface area (Å²) in [4.78, 5) is 12.7. The lowest BCUT2D eigenvalue weighted by Gasteiger charge is -2.11. The van der Waals surface area contributed by atoms with Crippen molar-refractivity contribution in [2.45, 2.75) is 13.8 Å². The highest BCUT2D eigenvalue weighted by atomic mass is 35.5. The molecule has 1 aromatic heterocycles. The monoisotopic (exact) mass is 386 g/mol. The minimum Gasteiger partial charge on any atom is -0.497 e. The van der Waals surface area contributed by atoms with Gasteiger partial charge in [-0.05, 0) is 43.7 Å². The number of aryl methyl sites for hydroxylation is 1. The summed E-state index contributed by atoms with van der Waals surface area (Å²) in [6, 6.07) is 10.7. The number of ether oxygens (including phenoxy) is 2. The van der Waals surface area contributed by atoms with Crippen LogP contribution in [0.2, 0.25) is 5.02 Å². The molecule has 0 bridgehead atoms. The van der Waals surface area contributed by atoms with Crippen LogP contribution < -0.4 is 14.8 Å². The molecule has 1 heterocycles. The predicted octanol–water partition coefficient (Wildman–Crippen LogP) is 3.81. The predicted molar refractivity (Wildman–Crippen MR) is 103 cm³/mol. The summed E-state index contributed by atoms with van der Waals surface area (Å²) in [6.07, 6.45) is 0. The van der Waals surface area contributed by atoms with Crippen LogP contribution in [-0.2, 0) is 0 Å². The van der Waals surface area contributed by atoms with E-state index in [0.717, 1.165) is 11.3 Å².